The van der Waals surface area contributed by atoms with E-state index in [1.807, 2.05) is 26.0 Å². The summed E-state index contributed by atoms with van der Waals surface area (Å²) in [7, 11) is 0. The number of pyridine rings is 1. The molecule has 29 heavy (non-hydrogen) atoms. The average molecular weight is 463 g/mol. The Morgan fingerprint density at radius 3 is 3.00 bits per heavy atom. The second-order valence-corrected chi connectivity index (χ2v) is 9.17. The molecule has 2 saturated heterocycles. The summed E-state index contributed by atoms with van der Waals surface area (Å²) in [6, 6.07) is 3.95. The monoisotopic (exact) mass is 462 g/mol. The Bertz CT molecular complexity index is 797. The molecular formula is C22H27BrN2O4. The van der Waals surface area contributed by atoms with Crippen LogP contribution in [0.25, 0.3) is 6.08 Å². The second-order valence-electron chi connectivity index (χ2n) is 8.26. The summed E-state index contributed by atoms with van der Waals surface area (Å²) in [6.07, 6.45) is 7.44. The van der Waals surface area contributed by atoms with Gasteiger partial charge in [-0.1, -0.05) is 6.08 Å². The van der Waals surface area contributed by atoms with E-state index in [2.05, 4.69) is 33.1 Å². The molecule has 2 aliphatic heterocycles. The van der Waals surface area contributed by atoms with Gasteiger partial charge in [0.1, 0.15) is 6.10 Å². The maximum Gasteiger partial charge on any atom is 0.409 e. The summed E-state index contributed by atoms with van der Waals surface area (Å²) < 4.78 is 11.8. The van der Waals surface area contributed by atoms with Gasteiger partial charge >= 0.3 is 12.1 Å². The van der Waals surface area contributed by atoms with Crippen molar-refractivity contribution in [3.05, 3.63) is 34.6 Å². The minimum Gasteiger partial charge on any atom is -0.462 e. The van der Waals surface area contributed by atoms with E-state index >= 15 is 0 Å². The smallest absolute Gasteiger partial charge is 0.409 e. The van der Waals surface area contributed by atoms with Gasteiger partial charge in [0, 0.05) is 29.7 Å². The lowest BCUT2D eigenvalue weighted by Crippen LogP contribution is -2.51. The van der Waals surface area contributed by atoms with Gasteiger partial charge in [0.15, 0.2) is 0 Å². The van der Waals surface area contributed by atoms with Crippen LogP contribution in [0.2, 0.25) is 0 Å². The molecule has 156 valence electrons. The van der Waals surface area contributed by atoms with E-state index in [-0.39, 0.29) is 41.8 Å². The van der Waals surface area contributed by atoms with Gasteiger partial charge in [-0.15, -0.1) is 0 Å². The molecule has 6 atom stereocenters. The van der Waals surface area contributed by atoms with Crippen LogP contribution in [0.15, 0.2) is 28.9 Å². The van der Waals surface area contributed by atoms with Crippen LogP contribution in [0.4, 0.5) is 4.79 Å². The van der Waals surface area contributed by atoms with Gasteiger partial charge in [-0.3, -0.25) is 9.78 Å². The van der Waals surface area contributed by atoms with Crippen molar-refractivity contribution in [2.24, 2.45) is 29.6 Å². The summed E-state index contributed by atoms with van der Waals surface area (Å²) in [4.78, 5) is 31.0. The molecule has 4 rings (SSSR count). The molecule has 7 heteroatoms. The fraction of sp³-hybridized carbons (Fsp3) is 0.591. The standard InChI is InChI=1S/C22H27BrN2O4/c1-3-28-22(27)25-9-8-17-14(12-25)10-19-20(13(2)29-21(19)26)18(17)7-6-16-5-4-15(23)11-24-16/h4-7,11,13-14,17-20H,3,8-10,12H2,1-2H3/b7-6+/t13-,14-,17?,18+,19-,20+/m1/s1. The predicted octanol–water partition coefficient (Wildman–Crippen LogP) is 4.15. The quantitative estimate of drug-likeness (QED) is 0.630. The number of cyclic esters (lactones) is 1. The maximum atomic E-state index is 12.5. The van der Waals surface area contributed by atoms with Crippen molar-refractivity contribution in [1.82, 2.24) is 9.88 Å². The number of ether oxygens (including phenoxy) is 2. The molecule has 1 saturated carbocycles. The third-order valence-electron chi connectivity index (χ3n) is 6.67. The van der Waals surface area contributed by atoms with Crippen LogP contribution in [0.1, 0.15) is 32.4 Å². The molecule has 3 aliphatic rings. The van der Waals surface area contributed by atoms with Crippen LogP contribution in [0, 0.1) is 29.6 Å². The number of aromatic nitrogens is 1. The molecule has 0 radical (unpaired) electrons. The molecule has 0 aromatic carbocycles. The number of nitrogens with zero attached hydrogens (tertiary/aromatic N) is 2. The predicted molar refractivity (Wildman–Crippen MR) is 112 cm³/mol. The highest BCUT2D eigenvalue weighted by atomic mass is 79.9. The molecule has 3 heterocycles. The Morgan fingerprint density at radius 2 is 2.28 bits per heavy atom. The van der Waals surface area contributed by atoms with E-state index in [4.69, 9.17) is 9.47 Å². The molecule has 1 aromatic rings. The summed E-state index contributed by atoms with van der Waals surface area (Å²) in [6.45, 7) is 5.55. The number of carbonyl (C=O) groups excluding carboxylic acids is 2. The van der Waals surface area contributed by atoms with Crippen LogP contribution in [-0.4, -0.2) is 47.7 Å². The van der Waals surface area contributed by atoms with Crippen molar-refractivity contribution in [1.29, 1.82) is 0 Å². The first kappa shape index (κ1) is 20.4. The number of likely N-dealkylation sites (tertiary alicyclic amines) is 1. The average Bonchev–Trinajstić information content (AvgIpc) is 2.99. The number of carbonyl (C=O) groups is 2. The molecule has 0 spiro atoms. The van der Waals surface area contributed by atoms with Gasteiger partial charge in [0.05, 0.1) is 18.2 Å². The molecule has 1 aromatic heterocycles. The lowest BCUT2D eigenvalue weighted by molar-refractivity contribution is -0.144. The third kappa shape index (κ3) is 4.06. The zero-order valence-electron chi connectivity index (χ0n) is 16.8. The summed E-state index contributed by atoms with van der Waals surface area (Å²) in [5.41, 5.74) is 0.897. The molecule has 1 unspecified atom stereocenters. The number of rotatable bonds is 3. The highest BCUT2D eigenvalue weighted by molar-refractivity contribution is 9.10. The highest BCUT2D eigenvalue weighted by Gasteiger charge is 2.54. The lowest BCUT2D eigenvalue weighted by atomic mass is 9.59. The van der Waals surface area contributed by atoms with Crippen molar-refractivity contribution in [2.75, 3.05) is 19.7 Å². The van der Waals surface area contributed by atoms with Crippen molar-refractivity contribution in [3.8, 4) is 0 Å². The molecule has 1 amide bonds. The topological polar surface area (TPSA) is 68.7 Å². The molecule has 3 fully saturated rings. The normalized spacial score (nSPS) is 33.9. The van der Waals surface area contributed by atoms with E-state index < -0.39 is 0 Å². The Labute approximate surface area is 179 Å². The Kier molecular flexibility index (Phi) is 5.95. The first-order chi connectivity index (χ1) is 14.0. The number of amides is 1. The minimum absolute atomic E-state index is 0.0796. The largest absolute Gasteiger partial charge is 0.462 e. The van der Waals surface area contributed by atoms with Crippen molar-refractivity contribution < 1.29 is 19.1 Å². The lowest BCUT2D eigenvalue weighted by Gasteiger charge is -2.48. The van der Waals surface area contributed by atoms with E-state index in [1.165, 1.54) is 0 Å². The molecule has 0 N–H and O–H groups in total. The van der Waals surface area contributed by atoms with Crippen molar-refractivity contribution in [3.63, 3.8) is 0 Å². The van der Waals surface area contributed by atoms with E-state index in [0.717, 1.165) is 23.0 Å². The van der Waals surface area contributed by atoms with Gasteiger partial charge in [0.25, 0.3) is 0 Å². The number of halogens is 1. The number of esters is 1. The fourth-order valence-corrected chi connectivity index (χ4v) is 5.67. The zero-order chi connectivity index (χ0) is 20.5. The van der Waals surface area contributed by atoms with Gasteiger partial charge in [-0.25, -0.2) is 4.79 Å². The number of allylic oxidation sites excluding steroid dienone is 1. The molecule has 6 nitrogen and oxygen atoms in total. The number of hydrogen-bond acceptors (Lipinski definition) is 5. The summed E-state index contributed by atoms with van der Waals surface area (Å²) in [5, 5.41) is 0. The van der Waals surface area contributed by atoms with Gasteiger partial charge in [0.2, 0.25) is 0 Å². The highest BCUT2D eigenvalue weighted by Crippen LogP contribution is 2.51. The van der Waals surface area contributed by atoms with Crippen LogP contribution >= 0.6 is 15.9 Å². The van der Waals surface area contributed by atoms with Crippen molar-refractivity contribution in [2.45, 2.75) is 32.8 Å². The first-order valence-corrected chi connectivity index (χ1v) is 11.2. The fourth-order valence-electron chi connectivity index (χ4n) is 5.43. The number of piperidine rings is 1. The maximum absolute atomic E-state index is 12.5. The first-order valence-electron chi connectivity index (χ1n) is 10.4. The Morgan fingerprint density at radius 1 is 1.45 bits per heavy atom. The minimum atomic E-state index is -0.249. The second kappa shape index (κ2) is 8.46. The third-order valence-corrected chi connectivity index (χ3v) is 7.13. The SMILES string of the molecule is CCOC(=O)N1CCC2[C@H](C[C@H]3C(=O)O[C@H](C)[C@H]3[C@H]2/C=C/c2ccc(Br)cn2)C1. The molecule has 1 aliphatic carbocycles. The Balaban J connectivity index is 1.58. The van der Waals surface area contributed by atoms with Crippen LogP contribution in [-0.2, 0) is 14.3 Å². The molecular weight excluding hydrogens is 436 g/mol. The summed E-state index contributed by atoms with van der Waals surface area (Å²) in [5.74, 6) is 0.931. The van der Waals surface area contributed by atoms with E-state index in [9.17, 15) is 9.59 Å². The van der Waals surface area contributed by atoms with Gasteiger partial charge in [-0.05, 0) is 78.6 Å². The Hall–Kier alpha value is -1.89. The van der Waals surface area contributed by atoms with Gasteiger partial charge in [-0.2, -0.15) is 0 Å². The van der Waals surface area contributed by atoms with Crippen LogP contribution in [0.3, 0.4) is 0 Å². The summed E-state index contributed by atoms with van der Waals surface area (Å²) >= 11 is 3.42. The number of hydrogen-bond donors (Lipinski definition) is 0. The molecule has 0 bridgehead atoms. The van der Waals surface area contributed by atoms with Crippen LogP contribution in [0.5, 0.6) is 0 Å². The van der Waals surface area contributed by atoms with Crippen LogP contribution < -0.4 is 0 Å². The van der Waals surface area contributed by atoms with E-state index in [0.29, 0.717) is 25.6 Å². The number of fused-ring (bicyclic) bond motifs is 2. The zero-order valence-corrected chi connectivity index (χ0v) is 18.4. The van der Waals surface area contributed by atoms with Crippen molar-refractivity contribution >= 4 is 34.1 Å². The van der Waals surface area contributed by atoms with E-state index in [1.54, 1.807) is 11.1 Å². The van der Waals surface area contributed by atoms with Gasteiger partial charge < -0.3 is 14.4 Å².